The van der Waals surface area contributed by atoms with E-state index in [4.69, 9.17) is 14.2 Å². The number of hydrogen-bond donors (Lipinski definition) is 2. The van der Waals surface area contributed by atoms with E-state index in [1.807, 2.05) is 66.3 Å². The van der Waals surface area contributed by atoms with E-state index in [9.17, 15) is 0 Å². The molecule has 0 amide bonds. The molecule has 158 valence electrons. The number of rotatable bonds is 8. The van der Waals surface area contributed by atoms with Gasteiger partial charge in [0.1, 0.15) is 5.75 Å². The van der Waals surface area contributed by atoms with Gasteiger partial charge in [-0.15, -0.1) is 0 Å². The van der Waals surface area contributed by atoms with Gasteiger partial charge in [0.05, 0.1) is 38.8 Å². The van der Waals surface area contributed by atoms with Gasteiger partial charge in [0.2, 0.25) is 0 Å². The van der Waals surface area contributed by atoms with Crippen LogP contribution < -0.4 is 24.8 Å². The van der Waals surface area contributed by atoms with Gasteiger partial charge in [-0.1, -0.05) is 0 Å². The first-order valence-corrected chi connectivity index (χ1v) is 9.64. The summed E-state index contributed by atoms with van der Waals surface area (Å²) in [6, 6.07) is 15.4. The Bertz CT molecular complexity index is 983. The zero-order chi connectivity index (χ0) is 21.3. The summed E-state index contributed by atoms with van der Waals surface area (Å²) in [6.07, 6.45) is 1.92. The molecule has 2 aromatic carbocycles. The van der Waals surface area contributed by atoms with Crippen LogP contribution in [0.2, 0.25) is 0 Å². The van der Waals surface area contributed by atoms with Gasteiger partial charge in [0.15, 0.2) is 17.5 Å². The Morgan fingerprint density at radius 2 is 1.83 bits per heavy atom. The summed E-state index contributed by atoms with van der Waals surface area (Å²) in [5.74, 6) is 2.81. The SMILES string of the molecule is CCOc1cc(NC(=NC)NCc2ccn(-c3ccc(OC)cc3)n2)ccc1OC. The molecule has 3 rings (SSSR count). The van der Waals surface area contributed by atoms with E-state index in [0.717, 1.165) is 22.8 Å². The molecule has 30 heavy (non-hydrogen) atoms. The number of hydrogen-bond acceptors (Lipinski definition) is 5. The zero-order valence-corrected chi connectivity index (χ0v) is 17.7. The molecule has 8 nitrogen and oxygen atoms in total. The van der Waals surface area contributed by atoms with Gasteiger partial charge in [0, 0.05) is 25.0 Å². The maximum atomic E-state index is 5.63. The minimum absolute atomic E-state index is 0.525. The Hall–Kier alpha value is -3.68. The van der Waals surface area contributed by atoms with Crippen LogP contribution in [0.4, 0.5) is 5.69 Å². The average Bonchev–Trinajstić information content (AvgIpc) is 3.26. The molecule has 1 heterocycles. The fourth-order valence-corrected chi connectivity index (χ4v) is 2.85. The van der Waals surface area contributed by atoms with Crippen LogP contribution in [0.1, 0.15) is 12.6 Å². The third-order valence-corrected chi connectivity index (χ3v) is 4.37. The first-order chi connectivity index (χ1) is 14.7. The maximum absolute atomic E-state index is 5.63. The maximum Gasteiger partial charge on any atom is 0.195 e. The predicted molar refractivity (Wildman–Crippen MR) is 118 cm³/mol. The van der Waals surface area contributed by atoms with E-state index < -0.39 is 0 Å². The van der Waals surface area contributed by atoms with Crippen LogP contribution in [0, 0.1) is 0 Å². The second-order valence-corrected chi connectivity index (χ2v) is 6.30. The van der Waals surface area contributed by atoms with Crippen LogP contribution in [0.25, 0.3) is 5.69 Å². The summed E-state index contributed by atoms with van der Waals surface area (Å²) in [4.78, 5) is 4.27. The molecule has 0 radical (unpaired) electrons. The van der Waals surface area contributed by atoms with E-state index in [0.29, 0.717) is 30.6 Å². The molecule has 0 unspecified atom stereocenters. The number of aromatic nitrogens is 2. The number of benzene rings is 2. The fourth-order valence-electron chi connectivity index (χ4n) is 2.85. The lowest BCUT2D eigenvalue weighted by Crippen LogP contribution is -2.30. The van der Waals surface area contributed by atoms with Crippen molar-refractivity contribution < 1.29 is 14.2 Å². The highest BCUT2D eigenvalue weighted by Crippen LogP contribution is 2.30. The molecular formula is C22H27N5O3. The van der Waals surface area contributed by atoms with Crippen molar-refractivity contribution in [3.05, 3.63) is 60.4 Å². The van der Waals surface area contributed by atoms with Crippen molar-refractivity contribution in [1.29, 1.82) is 0 Å². The van der Waals surface area contributed by atoms with Gasteiger partial charge in [-0.25, -0.2) is 4.68 Å². The predicted octanol–water partition coefficient (Wildman–Crippen LogP) is 3.48. The van der Waals surface area contributed by atoms with Gasteiger partial charge < -0.3 is 24.8 Å². The number of guanidine groups is 1. The number of nitrogens with one attached hydrogen (secondary N) is 2. The molecule has 0 aliphatic carbocycles. The number of methoxy groups -OCH3 is 2. The standard InChI is InChI=1S/C22H27N5O3/c1-5-30-21-14-16(6-11-20(21)29-4)25-22(23-2)24-15-17-12-13-27(26-17)18-7-9-19(28-3)10-8-18/h6-14H,5,15H2,1-4H3,(H2,23,24,25). The zero-order valence-electron chi connectivity index (χ0n) is 17.7. The third-order valence-electron chi connectivity index (χ3n) is 4.37. The van der Waals surface area contributed by atoms with E-state index in [1.54, 1.807) is 21.3 Å². The highest BCUT2D eigenvalue weighted by molar-refractivity contribution is 5.93. The highest BCUT2D eigenvalue weighted by atomic mass is 16.5. The molecule has 8 heteroatoms. The van der Waals surface area contributed by atoms with Gasteiger partial charge >= 0.3 is 0 Å². The van der Waals surface area contributed by atoms with Gasteiger partial charge in [-0.2, -0.15) is 5.10 Å². The van der Waals surface area contributed by atoms with Crippen LogP contribution in [0.3, 0.4) is 0 Å². The molecule has 0 aliphatic heterocycles. The van der Waals surface area contributed by atoms with E-state index >= 15 is 0 Å². The molecule has 1 aromatic heterocycles. The van der Waals surface area contributed by atoms with Crippen molar-refractivity contribution >= 4 is 11.6 Å². The van der Waals surface area contributed by atoms with E-state index in [-0.39, 0.29) is 0 Å². The minimum atomic E-state index is 0.525. The smallest absolute Gasteiger partial charge is 0.195 e. The number of ether oxygens (including phenoxy) is 3. The van der Waals surface area contributed by atoms with Crippen molar-refractivity contribution in [3.8, 4) is 22.9 Å². The van der Waals surface area contributed by atoms with Crippen molar-refractivity contribution in [2.24, 2.45) is 4.99 Å². The second-order valence-electron chi connectivity index (χ2n) is 6.30. The van der Waals surface area contributed by atoms with Gasteiger partial charge in [-0.05, 0) is 49.4 Å². The van der Waals surface area contributed by atoms with Gasteiger partial charge in [0.25, 0.3) is 0 Å². The van der Waals surface area contributed by atoms with Crippen LogP contribution in [-0.4, -0.2) is 43.6 Å². The lowest BCUT2D eigenvalue weighted by atomic mass is 10.2. The molecule has 0 saturated heterocycles. The summed E-state index contributed by atoms with van der Waals surface area (Å²) < 4.78 is 18.0. The largest absolute Gasteiger partial charge is 0.497 e. The number of aliphatic imine (C=N–C) groups is 1. The summed E-state index contributed by atoms with van der Waals surface area (Å²) in [5.41, 5.74) is 2.70. The monoisotopic (exact) mass is 409 g/mol. The molecular weight excluding hydrogens is 382 g/mol. The van der Waals surface area contributed by atoms with Crippen molar-refractivity contribution in [2.45, 2.75) is 13.5 Å². The molecule has 0 bridgehead atoms. The summed E-state index contributed by atoms with van der Waals surface area (Å²) >= 11 is 0. The van der Waals surface area contributed by atoms with Crippen LogP contribution in [0.5, 0.6) is 17.2 Å². The summed E-state index contributed by atoms with van der Waals surface area (Å²) in [7, 11) is 4.99. The van der Waals surface area contributed by atoms with Crippen LogP contribution in [0.15, 0.2) is 59.7 Å². The summed E-state index contributed by atoms with van der Waals surface area (Å²) in [5, 5.41) is 11.1. The van der Waals surface area contributed by atoms with Gasteiger partial charge in [-0.3, -0.25) is 4.99 Å². The van der Waals surface area contributed by atoms with Crippen molar-refractivity contribution in [3.63, 3.8) is 0 Å². The normalized spacial score (nSPS) is 11.1. The Morgan fingerprint density at radius 3 is 2.50 bits per heavy atom. The molecule has 0 aliphatic rings. The minimum Gasteiger partial charge on any atom is -0.497 e. The molecule has 0 spiro atoms. The summed E-state index contributed by atoms with van der Waals surface area (Å²) in [6.45, 7) is 3.02. The average molecular weight is 409 g/mol. The molecule has 3 aromatic rings. The molecule has 0 saturated carbocycles. The first-order valence-electron chi connectivity index (χ1n) is 9.64. The lowest BCUT2D eigenvalue weighted by Gasteiger charge is -2.14. The fraction of sp³-hybridized carbons (Fsp3) is 0.273. The highest BCUT2D eigenvalue weighted by Gasteiger charge is 2.08. The Kier molecular flexibility index (Phi) is 7.15. The lowest BCUT2D eigenvalue weighted by molar-refractivity contribution is 0.311. The number of anilines is 1. The molecule has 2 N–H and O–H groups in total. The first kappa shape index (κ1) is 21.0. The van der Waals surface area contributed by atoms with Crippen LogP contribution >= 0.6 is 0 Å². The topological polar surface area (TPSA) is 81.9 Å². The molecule has 0 atom stereocenters. The second kappa shape index (κ2) is 10.2. The Morgan fingerprint density at radius 1 is 1.03 bits per heavy atom. The van der Waals surface area contributed by atoms with Crippen molar-refractivity contribution in [1.82, 2.24) is 15.1 Å². The van der Waals surface area contributed by atoms with Crippen LogP contribution in [-0.2, 0) is 6.54 Å². The van der Waals surface area contributed by atoms with E-state index in [2.05, 4.69) is 20.7 Å². The Balaban J connectivity index is 1.62. The molecule has 0 fully saturated rings. The van der Waals surface area contributed by atoms with E-state index in [1.165, 1.54) is 0 Å². The number of nitrogens with zero attached hydrogens (tertiary/aromatic N) is 3. The quantitative estimate of drug-likeness (QED) is 0.438. The third kappa shape index (κ3) is 5.22. The van der Waals surface area contributed by atoms with Crippen molar-refractivity contribution in [2.75, 3.05) is 33.2 Å². The Labute approximate surface area is 176 Å².